The molecule has 2 aromatic rings. The summed E-state index contributed by atoms with van der Waals surface area (Å²) in [7, 11) is 1.80. The maximum atomic E-state index is 13.6. The van der Waals surface area contributed by atoms with Crippen LogP contribution in [0.25, 0.3) is 0 Å². The molecule has 0 aliphatic heterocycles. The number of aryl methyl sites for hydroxylation is 1. The van der Waals surface area contributed by atoms with Crippen molar-refractivity contribution in [2.75, 3.05) is 0 Å². The maximum absolute atomic E-state index is 13.6. The Balaban J connectivity index is 2.08. The van der Waals surface area contributed by atoms with Crippen molar-refractivity contribution in [2.24, 2.45) is 12.8 Å². The summed E-state index contributed by atoms with van der Waals surface area (Å²) in [5.74, 6) is 0.450. The second-order valence-corrected chi connectivity index (χ2v) is 4.58. The monoisotopic (exact) mass is 268 g/mol. The second kappa shape index (κ2) is 5.46. The van der Waals surface area contributed by atoms with E-state index < -0.39 is 0 Å². The fourth-order valence-electron chi connectivity index (χ4n) is 1.80. The van der Waals surface area contributed by atoms with Gasteiger partial charge in [-0.3, -0.25) is 4.68 Å². The minimum Gasteiger partial charge on any atom is -0.327 e. The van der Waals surface area contributed by atoms with Crippen LogP contribution < -0.4 is 5.73 Å². The fraction of sp³-hybridized carbons (Fsp3) is 0.333. The molecule has 0 fully saturated rings. The van der Waals surface area contributed by atoms with Gasteiger partial charge in [-0.15, -0.1) is 0 Å². The van der Waals surface area contributed by atoms with Gasteiger partial charge in [0.05, 0.1) is 0 Å². The molecule has 0 aliphatic rings. The molecule has 1 aromatic carbocycles. The molecule has 4 nitrogen and oxygen atoms in total. The normalized spacial score (nSPS) is 12.7. The van der Waals surface area contributed by atoms with E-state index in [0.717, 1.165) is 5.82 Å². The van der Waals surface area contributed by atoms with Crippen molar-refractivity contribution in [1.82, 2.24) is 14.8 Å². The predicted molar refractivity (Wildman–Crippen MR) is 67.8 cm³/mol. The lowest BCUT2D eigenvalue weighted by molar-refractivity contribution is 0.567. The average molecular weight is 269 g/mol. The third-order valence-electron chi connectivity index (χ3n) is 2.78. The summed E-state index contributed by atoms with van der Waals surface area (Å²) >= 11 is 5.96. The average Bonchev–Trinajstić information content (AvgIpc) is 2.70. The summed E-state index contributed by atoms with van der Waals surface area (Å²) in [6.45, 7) is 0. The molecule has 18 heavy (non-hydrogen) atoms. The fourth-order valence-corrected chi connectivity index (χ4v) is 2.04. The van der Waals surface area contributed by atoms with Crippen LogP contribution >= 0.6 is 11.6 Å². The van der Waals surface area contributed by atoms with Crippen molar-refractivity contribution in [3.05, 3.63) is 46.8 Å². The molecular formula is C12H14ClFN4. The Morgan fingerprint density at radius 1 is 1.44 bits per heavy atom. The third kappa shape index (κ3) is 2.86. The molecule has 0 aliphatic carbocycles. The largest absolute Gasteiger partial charge is 0.327 e. The molecule has 2 rings (SSSR count). The number of nitrogens with zero attached hydrogens (tertiary/aromatic N) is 3. The van der Waals surface area contributed by atoms with E-state index in [-0.39, 0.29) is 11.9 Å². The van der Waals surface area contributed by atoms with Gasteiger partial charge in [-0.25, -0.2) is 9.37 Å². The van der Waals surface area contributed by atoms with Gasteiger partial charge in [0.2, 0.25) is 0 Å². The Morgan fingerprint density at radius 2 is 2.22 bits per heavy atom. The third-order valence-corrected chi connectivity index (χ3v) is 3.13. The van der Waals surface area contributed by atoms with E-state index in [2.05, 4.69) is 10.1 Å². The molecule has 1 heterocycles. The summed E-state index contributed by atoms with van der Waals surface area (Å²) in [5, 5.41) is 4.37. The van der Waals surface area contributed by atoms with E-state index in [1.165, 1.54) is 12.4 Å². The maximum Gasteiger partial charge on any atom is 0.138 e. The van der Waals surface area contributed by atoms with Gasteiger partial charge >= 0.3 is 0 Å². The lowest BCUT2D eigenvalue weighted by atomic mass is 10.0. The van der Waals surface area contributed by atoms with Crippen LogP contribution in [0.5, 0.6) is 0 Å². The minimum atomic E-state index is -0.323. The van der Waals surface area contributed by atoms with Gasteiger partial charge in [0.25, 0.3) is 0 Å². The highest BCUT2D eigenvalue weighted by Crippen LogP contribution is 2.20. The van der Waals surface area contributed by atoms with E-state index in [4.69, 9.17) is 17.3 Å². The zero-order valence-corrected chi connectivity index (χ0v) is 10.7. The zero-order valence-electron chi connectivity index (χ0n) is 9.98. The first-order valence-corrected chi connectivity index (χ1v) is 5.97. The molecule has 1 unspecified atom stereocenters. The standard InChI is InChI=1S/C12H14ClFN4/c1-18-12(16-7-17-18)6-8(15)5-9-10(13)3-2-4-11(9)14/h2-4,7-8H,5-6,15H2,1H3. The smallest absolute Gasteiger partial charge is 0.138 e. The lowest BCUT2D eigenvalue weighted by Gasteiger charge is -2.12. The highest BCUT2D eigenvalue weighted by molar-refractivity contribution is 6.31. The van der Waals surface area contributed by atoms with E-state index in [1.807, 2.05) is 0 Å². The topological polar surface area (TPSA) is 56.7 Å². The Kier molecular flexibility index (Phi) is 3.93. The van der Waals surface area contributed by atoms with Crippen LogP contribution in [0.2, 0.25) is 5.02 Å². The second-order valence-electron chi connectivity index (χ2n) is 4.17. The quantitative estimate of drug-likeness (QED) is 0.919. The molecule has 0 amide bonds. The number of benzene rings is 1. The van der Waals surface area contributed by atoms with Gasteiger partial charge in [0, 0.05) is 30.1 Å². The molecule has 0 bridgehead atoms. The van der Waals surface area contributed by atoms with Crippen molar-refractivity contribution in [3.8, 4) is 0 Å². The van der Waals surface area contributed by atoms with Gasteiger partial charge in [-0.05, 0) is 18.6 Å². The molecule has 2 N–H and O–H groups in total. The summed E-state index contributed by atoms with van der Waals surface area (Å²) in [5.41, 5.74) is 6.45. The van der Waals surface area contributed by atoms with Crippen LogP contribution in [0.4, 0.5) is 4.39 Å². The molecule has 0 spiro atoms. The first-order chi connectivity index (χ1) is 8.58. The number of nitrogens with two attached hydrogens (primary N) is 1. The van der Waals surface area contributed by atoms with E-state index in [0.29, 0.717) is 23.4 Å². The van der Waals surface area contributed by atoms with Crippen molar-refractivity contribution in [3.63, 3.8) is 0 Å². The first-order valence-electron chi connectivity index (χ1n) is 5.59. The highest BCUT2D eigenvalue weighted by Gasteiger charge is 2.14. The van der Waals surface area contributed by atoms with E-state index in [1.54, 1.807) is 23.9 Å². The SMILES string of the molecule is Cn1ncnc1CC(N)Cc1c(F)cccc1Cl. The van der Waals surface area contributed by atoms with Crippen molar-refractivity contribution < 1.29 is 4.39 Å². The van der Waals surface area contributed by atoms with Crippen LogP contribution in [0, 0.1) is 5.82 Å². The van der Waals surface area contributed by atoms with Crippen molar-refractivity contribution in [2.45, 2.75) is 18.9 Å². The molecule has 6 heteroatoms. The summed E-state index contributed by atoms with van der Waals surface area (Å²) < 4.78 is 15.3. The van der Waals surface area contributed by atoms with Crippen LogP contribution in [-0.2, 0) is 19.9 Å². The molecule has 1 atom stereocenters. The molecular weight excluding hydrogens is 255 g/mol. The van der Waals surface area contributed by atoms with Crippen LogP contribution in [0.1, 0.15) is 11.4 Å². The number of hydrogen-bond donors (Lipinski definition) is 1. The Labute approximate surface area is 110 Å². The number of aromatic nitrogens is 3. The van der Waals surface area contributed by atoms with E-state index >= 15 is 0 Å². The van der Waals surface area contributed by atoms with Gasteiger partial charge in [0.15, 0.2) is 0 Å². The van der Waals surface area contributed by atoms with Gasteiger partial charge in [0.1, 0.15) is 18.0 Å². The predicted octanol–water partition coefficient (Wildman–Crippen LogP) is 1.72. The molecule has 1 aromatic heterocycles. The number of rotatable bonds is 4. The minimum absolute atomic E-state index is 0.248. The number of halogens is 2. The Morgan fingerprint density at radius 3 is 2.83 bits per heavy atom. The van der Waals surface area contributed by atoms with Gasteiger partial charge < -0.3 is 5.73 Å². The summed E-state index contributed by atoms with van der Waals surface area (Å²) in [4.78, 5) is 4.09. The van der Waals surface area contributed by atoms with Crippen molar-refractivity contribution >= 4 is 11.6 Å². The van der Waals surface area contributed by atoms with Crippen LogP contribution in [0.3, 0.4) is 0 Å². The Bertz CT molecular complexity index is 520. The van der Waals surface area contributed by atoms with Crippen LogP contribution in [0.15, 0.2) is 24.5 Å². The van der Waals surface area contributed by atoms with Crippen LogP contribution in [-0.4, -0.2) is 20.8 Å². The zero-order chi connectivity index (χ0) is 13.1. The van der Waals surface area contributed by atoms with Gasteiger partial charge in [-0.1, -0.05) is 17.7 Å². The lowest BCUT2D eigenvalue weighted by Crippen LogP contribution is -2.27. The van der Waals surface area contributed by atoms with Gasteiger partial charge in [-0.2, -0.15) is 5.10 Å². The van der Waals surface area contributed by atoms with E-state index in [9.17, 15) is 4.39 Å². The molecule has 96 valence electrons. The first kappa shape index (κ1) is 13.0. The highest BCUT2D eigenvalue weighted by atomic mass is 35.5. The van der Waals surface area contributed by atoms with Crippen molar-refractivity contribution in [1.29, 1.82) is 0 Å². The summed E-state index contributed by atoms with van der Waals surface area (Å²) in [6.07, 6.45) is 2.37. The molecule has 0 saturated carbocycles. The molecule has 0 radical (unpaired) electrons. The molecule has 0 saturated heterocycles. The number of hydrogen-bond acceptors (Lipinski definition) is 3. The summed E-state index contributed by atoms with van der Waals surface area (Å²) in [6, 6.07) is 4.38. The Hall–Kier alpha value is -1.46.